The Hall–Kier alpha value is -3.21. The fraction of sp³-hybridized carbons (Fsp3) is 0.638. The van der Waals surface area contributed by atoms with Gasteiger partial charge < -0.3 is 15.5 Å². The Balaban J connectivity index is 3.72. The second-order valence-corrected chi connectivity index (χ2v) is 16.8. The minimum absolute atomic E-state index is 0.102. The van der Waals surface area contributed by atoms with Crippen LogP contribution in [0.15, 0.2) is 122 Å². The molecule has 0 saturated carbocycles. The lowest BCUT2D eigenvalue weighted by Gasteiger charge is -2.19. The molecule has 0 aliphatic heterocycles. The molecule has 0 aliphatic carbocycles. The van der Waals surface area contributed by atoms with Crippen molar-refractivity contribution in [3.63, 3.8) is 0 Å². The first-order valence-electron chi connectivity index (χ1n) is 25.7. The van der Waals surface area contributed by atoms with Crippen LogP contribution in [0.3, 0.4) is 0 Å². The van der Waals surface area contributed by atoms with Crippen molar-refractivity contribution in [2.45, 2.75) is 231 Å². The zero-order chi connectivity index (χ0) is 44.9. The molecule has 0 aliphatic rings. The average Bonchev–Trinajstić information content (AvgIpc) is 3.28. The average molecular weight is 856 g/mol. The van der Waals surface area contributed by atoms with E-state index in [4.69, 9.17) is 0 Å². The van der Waals surface area contributed by atoms with E-state index in [1.807, 2.05) is 6.08 Å². The maximum atomic E-state index is 12.4. The van der Waals surface area contributed by atoms with Gasteiger partial charge in [0.15, 0.2) is 0 Å². The van der Waals surface area contributed by atoms with E-state index in [-0.39, 0.29) is 12.5 Å². The maximum absolute atomic E-state index is 12.4. The Morgan fingerprint density at radius 3 is 1.13 bits per heavy atom. The highest BCUT2D eigenvalue weighted by Gasteiger charge is 2.17. The Labute approximate surface area is 384 Å². The third-order valence-corrected chi connectivity index (χ3v) is 10.9. The van der Waals surface area contributed by atoms with Gasteiger partial charge in [0.25, 0.3) is 0 Å². The molecule has 4 heteroatoms. The zero-order valence-electron chi connectivity index (χ0n) is 40.3. The molecular formula is C58H97NO3. The first kappa shape index (κ1) is 58.8. The van der Waals surface area contributed by atoms with Crippen molar-refractivity contribution >= 4 is 5.91 Å². The van der Waals surface area contributed by atoms with Gasteiger partial charge in [-0.05, 0) is 103 Å². The maximum Gasteiger partial charge on any atom is 0.220 e. The van der Waals surface area contributed by atoms with Gasteiger partial charge in [-0.25, -0.2) is 0 Å². The largest absolute Gasteiger partial charge is 0.394 e. The van der Waals surface area contributed by atoms with Crippen LogP contribution in [-0.2, 0) is 4.79 Å². The van der Waals surface area contributed by atoms with Gasteiger partial charge in [-0.15, -0.1) is 0 Å². The van der Waals surface area contributed by atoms with E-state index in [0.717, 1.165) is 96.3 Å². The highest BCUT2D eigenvalue weighted by molar-refractivity contribution is 5.76. The SMILES string of the molecule is CC/C=C\C/C=C\C/C=C\C/C=C\C/C=C\C/C=C\C/C=C\CCCCCCCC(=O)NC(CO)C(O)/C=C/CC/C=C/CC/C=C/CCCCCCCCCCCCCCC. The molecule has 62 heavy (non-hydrogen) atoms. The topological polar surface area (TPSA) is 69.6 Å². The molecule has 0 aromatic carbocycles. The van der Waals surface area contributed by atoms with Crippen LogP contribution in [0.1, 0.15) is 219 Å². The van der Waals surface area contributed by atoms with Crippen LogP contribution in [0, 0.1) is 0 Å². The summed E-state index contributed by atoms with van der Waals surface area (Å²) in [5, 5.41) is 23.1. The summed E-state index contributed by atoms with van der Waals surface area (Å²) >= 11 is 0. The van der Waals surface area contributed by atoms with Gasteiger partial charge in [0.05, 0.1) is 18.8 Å². The van der Waals surface area contributed by atoms with Crippen LogP contribution < -0.4 is 5.32 Å². The van der Waals surface area contributed by atoms with Gasteiger partial charge in [0.1, 0.15) is 0 Å². The molecule has 0 aromatic rings. The third kappa shape index (κ3) is 47.8. The van der Waals surface area contributed by atoms with E-state index < -0.39 is 12.1 Å². The molecule has 352 valence electrons. The van der Waals surface area contributed by atoms with Gasteiger partial charge in [-0.2, -0.15) is 0 Å². The molecule has 0 fully saturated rings. The molecular weight excluding hydrogens is 759 g/mol. The van der Waals surface area contributed by atoms with Crippen molar-refractivity contribution in [1.29, 1.82) is 0 Å². The highest BCUT2D eigenvalue weighted by Crippen LogP contribution is 2.14. The summed E-state index contributed by atoms with van der Waals surface area (Å²) < 4.78 is 0. The summed E-state index contributed by atoms with van der Waals surface area (Å²) in [7, 11) is 0. The van der Waals surface area contributed by atoms with Crippen molar-refractivity contribution in [3.05, 3.63) is 122 Å². The van der Waals surface area contributed by atoms with E-state index in [0.29, 0.717) is 6.42 Å². The van der Waals surface area contributed by atoms with Crippen LogP contribution in [0.4, 0.5) is 0 Å². The van der Waals surface area contributed by atoms with Gasteiger partial charge in [0.2, 0.25) is 5.91 Å². The summed E-state index contributed by atoms with van der Waals surface area (Å²) in [6.07, 6.45) is 80.4. The lowest BCUT2D eigenvalue weighted by atomic mass is 10.0. The molecule has 1 amide bonds. The number of hydrogen-bond donors (Lipinski definition) is 3. The number of carbonyl (C=O) groups excluding carboxylic acids is 1. The molecule has 4 nitrogen and oxygen atoms in total. The Morgan fingerprint density at radius 1 is 0.403 bits per heavy atom. The molecule has 2 atom stereocenters. The molecule has 0 saturated heterocycles. The lowest BCUT2D eigenvalue weighted by Crippen LogP contribution is -2.45. The van der Waals surface area contributed by atoms with Crippen LogP contribution in [0.2, 0.25) is 0 Å². The number of hydrogen-bond acceptors (Lipinski definition) is 3. The number of aliphatic hydroxyl groups excluding tert-OH is 2. The highest BCUT2D eigenvalue weighted by atomic mass is 16.3. The van der Waals surface area contributed by atoms with Gasteiger partial charge >= 0.3 is 0 Å². The van der Waals surface area contributed by atoms with Gasteiger partial charge in [-0.1, -0.05) is 232 Å². The predicted molar refractivity (Wildman–Crippen MR) is 276 cm³/mol. The van der Waals surface area contributed by atoms with E-state index in [1.54, 1.807) is 6.08 Å². The van der Waals surface area contributed by atoms with Crippen LogP contribution in [-0.4, -0.2) is 34.9 Å². The second kappa shape index (κ2) is 52.1. The smallest absolute Gasteiger partial charge is 0.220 e. The molecule has 0 rings (SSSR count). The van der Waals surface area contributed by atoms with E-state index in [9.17, 15) is 15.0 Å². The van der Waals surface area contributed by atoms with Crippen molar-refractivity contribution < 1.29 is 15.0 Å². The van der Waals surface area contributed by atoms with E-state index >= 15 is 0 Å². The second-order valence-electron chi connectivity index (χ2n) is 16.8. The first-order chi connectivity index (χ1) is 30.7. The summed E-state index contributed by atoms with van der Waals surface area (Å²) in [5.74, 6) is -0.102. The van der Waals surface area contributed by atoms with Crippen LogP contribution >= 0.6 is 0 Å². The number of rotatable bonds is 45. The van der Waals surface area contributed by atoms with Gasteiger partial charge in [0, 0.05) is 6.42 Å². The lowest BCUT2D eigenvalue weighted by molar-refractivity contribution is -0.123. The molecule has 3 N–H and O–H groups in total. The van der Waals surface area contributed by atoms with E-state index in [1.165, 1.54) is 103 Å². The van der Waals surface area contributed by atoms with Crippen molar-refractivity contribution in [1.82, 2.24) is 5.32 Å². The number of nitrogens with one attached hydrogen (secondary N) is 1. The minimum Gasteiger partial charge on any atom is -0.394 e. The van der Waals surface area contributed by atoms with Crippen LogP contribution in [0.5, 0.6) is 0 Å². The molecule has 0 aromatic heterocycles. The molecule has 0 bridgehead atoms. The Kier molecular flexibility index (Phi) is 49.4. The summed E-state index contributed by atoms with van der Waals surface area (Å²) in [6.45, 7) is 4.17. The summed E-state index contributed by atoms with van der Waals surface area (Å²) in [4.78, 5) is 12.4. The number of allylic oxidation sites excluding steroid dienone is 19. The standard InChI is InChI=1S/C58H97NO3/c1-3-5-7-9-11-13-15-17-19-21-23-25-27-28-29-30-32-34-36-38-40-42-44-46-48-50-52-54-58(62)59-56(55-60)57(61)53-51-49-47-45-43-41-39-37-35-33-31-26-24-22-20-18-16-14-12-10-8-6-4-2/h5,7,11,13,17,19,23,25,28-29,32,34-35,37-38,40,43,45,51,53,56-57,60-61H,3-4,6,8-10,12,14-16,18,20-22,24,26-27,30-31,33,36,39,41-42,44,46-50,52,54-55H2,1-2H3,(H,59,62)/b7-5-,13-11-,19-17-,25-23-,29-28-,34-32-,37-35+,40-38-,45-43+,53-51+. The number of amides is 1. The molecule has 0 radical (unpaired) electrons. The quantitative estimate of drug-likeness (QED) is 0.0422. The monoisotopic (exact) mass is 856 g/mol. The van der Waals surface area contributed by atoms with Gasteiger partial charge in [-0.3, -0.25) is 4.79 Å². The van der Waals surface area contributed by atoms with Crippen molar-refractivity contribution in [2.24, 2.45) is 0 Å². The number of carbonyl (C=O) groups is 1. The van der Waals surface area contributed by atoms with Crippen molar-refractivity contribution in [3.8, 4) is 0 Å². The molecule has 2 unspecified atom stereocenters. The molecule has 0 heterocycles. The predicted octanol–water partition coefficient (Wildman–Crippen LogP) is 16.9. The summed E-state index contributed by atoms with van der Waals surface area (Å²) in [5.41, 5.74) is 0. The number of unbranched alkanes of at least 4 members (excludes halogenated alkanes) is 20. The Morgan fingerprint density at radius 2 is 0.726 bits per heavy atom. The number of aliphatic hydroxyl groups is 2. The first-order valence-corrected chi connectivity index (χ1v) is 25.7. The molecule has 0 spiro atoms. The zero-order valence-corrected chi connectivity index (χ0v) is 40.3. The Bertz CT molecular complexity index is 1240. The fourth-order valence-corrected chi connectivity index (χ4v) is 7.01. The van der Waals surface area contributed by atoms with E-state index in [2.05, 4.69) is 129 Å². The van der Waals surface area contributed by atoms with Crippen LogP contribution in [0.25, 0.3) is 0 Å². The fourth-order valence-electron chi connectivity index (χ4n) is 7.01. The van der Waals surface area contributed by atoms with Crippen molar-refractivity contribution in [2.75, 3.05) is 6.61 Å². The normalized spacial score (nSPS) is 13.9. The third-order valence-electron chi connectivity index (χ3n) is 10.9. The summed E-state index contributed by atoms with van der Waals surface area (Å²) in [6, 6.07) is -0.666. The minimum atomic E-state index is -0.889.